The van der Waals surface area contributed by atoms with Crippen molar-refractivity contribution >= 4 is 23.3 Å². The van der Waals surface area contributed by atoms with Gasteiger partial charge in [0.05, 0.1) is 5.71 Å². The van der Waals surface area contributed by atoms with Gasteiger partial charge in [-0.2, -0.15) is 13.2 Å². The summed E-state index contributed by atoms with van der Waals surface area (Å²) < 4.78 is 54.0. The monoisotopic (exact) mass is 531 g/mol. The normalized spacial score (nSPS) is 19.1. The minimum atomic E-state index is -4.55. The third-order valence-corrected chi connectivity index (χ3v) is 7.10. The second-order valence-corrected chi connectivity index (χ2v) is 10.1. The van der Waals surface area contributed by atoms with Crippen LogP contribution in [-0.4, -0.2) is 35.7 Å². The van der Waals surface area contributed by atoms with E-state index in [4.69, 9.17) is 5.73 Å². The first kappa shape index (κ1) is 27.5. The standard InChI is InChI=1S/C28H29F4N3O3/c1-15-5-9-17(10-6-15)24-18-3-2-4-22(29)20(18)14-23(36)26(34-24)35-27(38)19(11-12-28(30,31)32)21(25(33)37)13-16-7-8-16/h2-6,9-10,16,19,21,26H,7-8,11-14H2,1H3,(H2,33,37)(H,35,38)/t19-,21+,26-/m1/s1. The van der Waals surface area contributed by atoms with Crippen LogP contribution in [0.25, 0.3) is 0 Å². The molecule has 38 heavy (non-hydrogen) atoms. The molecule has 0 saturated heterocycles. The molecule has 0 spiro atoms. The first-order valence-electron chi connectivity index (χ1n) is 12.5. The third-order valence-electron chi connectivity index (χ3n) is 7.10. The molecular weight excluding hydrogens is 502 g/mol. The van der Waals surface area contributed by atoms with Crippen LogP contribution >= 0.6 is 0 Å². The number of aryl methyl sites for hydroxylation is 1. The molecule has 1 aliphatic carbocycles. The molecule has 0 radical (unpaired) electrons. The Hall–Kier alpha value is -3.56. The topological polar surface area (TPSA) is 102 Å². The molecule has 1 fully saturated rings. The lowest BCUT2D eigenvalue weighted by molar-refractivity contribution is -0.146. The summed E-state index contributed by atoms with van der Waals surface area (Å²) in [6.45, 7) is 1.89. The summed E-state index contributed by atoms with van der Waals surface area (Å²) >= 11 is 0. The van der Waals surface area contributed by atoms with Crippen molar-refractivity contribution in [1.29, 1.82) is 0 Å². The Labute approximate surface area is 217 Å². The number of nitrogens with zero attached hydrogens (tertiary/aromatic N) is 1. The van der Waals surface area contributed by atoms with Crippen LogP contribution in [0.3, 0.4) is 0 Å². The number of Topliss-reactive ketones (excluding diaryl/α,β-unsaturated/α-hetero) is 1. The highest BCUT2D eigenvalue weighted by Gasteiger charge is 2.41. The van der Waals surface area contributed by atoms with Gasteiger partial charge in [0.15, 0.2) is 11.9 Å². The number of alkyl halides is 3. The van der Waals surface area contributed by atoms with Gasteiger partial charge < -0.3 is 11.1 Å². The van der Waals surface area contributed by atoms with E-state index in [9.17, 15) is 31.9 Å². The molecule has 4 rings (SSSR count). The fraction of sp³-hybridized carbons (Fsp3) is 0.429. The second-order valence-electron chi connectivity index (χ2n) is 10.1. The third kappa shape index (κ3) is 6.65. The smallest absolute Gasteiger partial charge is 0.369 e. The van der Waals surface area contributed by atoms with Gasteiger partial charge in [-0.3, -0.25) is 19.4 Å². The molecular formula is C28H29F4N3O3. The average Bonchev–Trinajstić information content (AvgIpc) is 3.67. The quantitative estimate of drug-likeness (QED) is 0.469. The Bertz CT molecular complexity index is 1250. The summed E-state index contributed by atoms with van der Waals surface area (Å²) in [6, 6.07) is 11.5. The number of hydrogen-bond acceptors (Lipinski definition) is 4. The highest BCUT2D eigenvalue weighted by molar-refractivity contribution is 6.16. The van der Waals surface area contributed by atoms with Crippen LogP contribution in [0, 0.1) is 30.5 Å². The van der Waals surface area contributed by atoms with Crippen LogP contribution in [0.5, 0.6) is 0 Å². The predicted octanol–water partition coefficient (Wildman–Crippen LogP) is 4.40. The van der Waals surface area contributed by atoms with E-state index < -0.39 is 60.4 Å². The SMILES string of the molecule is Cc1ccc(C2=N[C@H](NC(=O)[C@H](CCC(F)(F)F)[C@H](CC3CC3)C(N)=O)C(=O)Cc3c(F)cccc32)cc1. The van der Waals surface area contributed by atoms with Gasteiger partial charge in [-0.05, 0) is 31.7 Å². The fourth-order valence-corrected chi connectivity index (χ4v) is 4.82. The summed E-state index contributed by atoms with van der Waals surface area (Å²) in [5.41, 5.74) is 7.84. The Morgan fingerprint density at radius 3 is 2.39 bits per heavy atom. The maximum atomic E-state index is 14.8. The Kier molecular flexibility index (Phi) is 7.99. The van der Waals surface area contributed by atoms with E-state index in [2.05, 4.69) is 10.3 Å². The Morgan fingerprint density at radius 2 is 1.79 bits per heavy atom. The van der Waals surface area contributed by atoms with Crippen LogP contribution < -0.4 is 11.1 Å². The van der Waals surface area contributed by atoms with E-state index in [0.29, 0.717) is 11.1 Å². The van der Waals surface area contributed by atoms with Gasteiger partial charge >= 0.3 is 6.18 Å². The largest absolute Gasteiger partial charge is 0.389 e. The van der Waals surface area contributed by atoms with Crippen LogP contribution in [-0.2, 0) is 20.8 Å². The molecule has 6 nitrogen and oxygen atoms in total. The van der Waals surface area contributed by atoms with Gasteiger partial charge in [0, 0.05) is 41.4 Å². The van der Waals surface area contributed by atoms with E-state index in [-0.39, 0.29) is 30.0 Å². The molecule has 2 aliphatic rings. The van der Waals surface area contributed by atoms with E-state index in [0.717, 1.165) is 18.4 Å². The van der Waals surface area contributed by atoms with E-state index in [1.165, 1.54) is 12.1 Å². The maximum absolute atomic E-state index is 14.8. The molecule has 10 heteroatoms. The first-order valence-corrected chi connectivity index (χ1v) is 12.5. The zero-order valence-corrected chi connectivity index (χ0v) is 20.9. The van der Waals surface area contributed by atoms with Crippen molar-refractivity contribution in [3.8, 4) is 0 Å². The number of nitrogens with two attached hydrogens (primary N) is 1. The van der Waals surface area contributed by atoms with Gasteiger partial charge in [-0.15, -0.1) is 0 Å². The number of ketones is 1. The highest BCUT2D eigenvalue weighted by Crippen LogP contribution is 2.39. The zero-order valence-electron chi connectivity index (χ0n) is 20.9. The van der Waals surface area contributed by atoms with Crippen molar-refractivity contribution in [3.63, 3.8) is 0 Å². The molecule has 0 bridgehead atoms. The molecule has 1 aliphatic heterocycles. The van der Waals surface area contributed by atoms with Crippen molar-refractivity contribution in [2.24, 2.45) is 28.5 Å². The summed E-state index contributed by atoms with van der Waals surface area (Å²) in [7, 11) is 0. The van der Waals surface area contributed by atoms with Gasteiger partial charge in [-0.25, -0.2) is 4.39 Å². The summed E-state index contributed by atoms with van der Waals surface area (Å²) in [4.78, 5) is 43.2. The van der Waals surface area contributed by atoms with E-state index in [1.807, 2.05) is 19.1 Å². The van der Waals surface area contributed by atoms with Crippen molar-refractivity contribution in [2.45, 2.75) is 57.8 Å². The van der Waals surface area contributed by atoms with Crippen molar-refractivity contribution in [2.75, 3.05) is 0 Å². The van der Waals surface area contributed by atoms with Crippen molar-refractivity contribution in [3.05, 3.63) is 70.5 Å². The molecule has 2 amide bonds. The van der Waals surface area contributed by atoms with Crippen molar-refractivity contribution < 1.29 is 31.9 Å². The number of carbonyl (C=O) groups excluding carboxylic acids is 3. The maximum Gasteiger partial charge on any atom is 0.389 e. The molecule has 1 saturated carbocycles. The van der Waals surface area contributed by atoms with E-state index in [1.54, 1.807) is 18.2 Å². The van der Waals surface area contributed by atoms with Crippen LogP contribution in [0.1, 0.15) is 54.4 Å². The van der Waals surface area contributed by atoms with Crippen molar-refractivity contribution in [1.82, 2.24) is 5.32 Å². The van der Waals surface area contributed by atoms with Crippen LogP contribution in [0.15, 0.2) is 47.5 Å². The molecule has 0 unspecified atom stereocenters. The number of halogens is 4. The van der Waals surface area contributed by atoms with Gasteiger partial charge in [0.25, 0.3) is 0 Å². The molecule has 2 aromatic rings. The van der Waals surface area contributed by atoms with Crippen LogP contribution in [0.2, 0.25) is 0 Å². The summed E-state index contributed by atoms with van der Waals surface area (Å²) in [6.07, 6.45) is -6.51. The van der Waals surface area contributed by atoms with Gasteiger partial charge in [0.1, 0.15) is 5.82 Å². The predicted molar refractivity (Wildman–Crippen MR) is 133 cm³/mol. The van der Waals surface area contributed by atoms with Gasteiger partial charge in [-0.1, -0.05) is 54.8 Å². The van der Waals surface area contributed by atoms with Crippen LogP contribution in [0.4, 0.5) is 17.6 Å². The first-order chi connectivity index (χ1) is 17.9. The van der Waals surface area contributed by atoms with E-state index >= 15 is 0 Å². The number of carbonyl (C=O) groups is 3. The average molecular weight is 532 g/mol. The number of aliphatic imine (C=N–C) groups is 1. The minimum Gasteiger partial charge on any atom is -0.369 e. The highest BCUT2D eigenvalue weighted by atomic mass is 19.4. The Balaban J connectivity index is 1.69. The molecule has 202 valence electrons. The molecule has 1 heterocycles. The number of benzene rings is 2. The lowest BCUT2D eigenvalue weighted by Crippen LogP contribution is -2.47. The zero-order chi connectivity index (χ0) is 27.6. The molecule has 2 aromatic carbocycles. The number of rotatable bonds is 9. The lowest BCUT2D eigenvalue weighted by Gasteiger charge is -2.26. The Morgan fingerprint density at radius 1 is 1.11 bits per heavy atom. The number of amides is 2. The molecule has 0 aromatic heterocycles. The lowest BCUT2D eigenvalue weighted by atomic mass is 9.83. The van der Waals surface area contributed by atoms with Gasteiger partial charge in [0.2, 0.25) is 11.8 Å². The number of nitrogens with one attached hydrogen (secondary N) is 1. The minimum absolute atomic E-state index is 0.117. The molecule has 3 atom stereocenters. The number of hydrogen-bond donors (Lipinski definition) is 2. The summed E-state index contributed by atoms with van der Waals surface area (Å²) in [5.74, 6) is -5.37. The second kappa shape index (κ2) is 11.0. The number of fused-ring (bicyclic) bond motifs is 1. The number of primary amides is 1. The fourth-order valence-electron chi connectivity index (χ4n) is 4.82. The summed E-state index contributed by atoms with van der Waals surface area (Å²) in [5, 5.41) is 2.47. The molecule has 3 N–H and O–H groups in total.